The van der Waals surface area contributed by atoms with Crippen molar-refractivity contribution in [2.24, 2.45) is 5.10 Å². The van der Waals surface area contributed by atoms with Gasteiger partial charge in [0.1, 0.15) is 6.07 Å². The summed E-state index contributed by atoms with van der Waals surface area (Å²) in [6.07, 6.45) is 0. The van der Waals surface area contributed by atoms with Gasteiger partial charge in [0.15, 0.2) is 5.71 Å². The molecule has 0 aromatic rings. The molecule has 0 unspecified atom stereocenters. The Morgan fingerprint density at radius 2 is 2.36 bits per heavy atom. The highest BCUT2D eigenvalue weighted by Crippen LogP contribution is 2.00. The first kappa shape index (κ1) is 9.99. The average molecular weight is 172 g/mol. The molecule has 11 heavy (non-hydrogen) atoms. The van der Waals surface area contributed by atoms with E-state index in [2.05, 4.69) is 11.7 Å². The lowest BCUT2D eigenvalue weighted by atomic mass is 10.4. The summed E-state index contributed by atoms with van der Waals surface area (Å²) in [5.41, 5.74) is 0.163. The van der Waals surface area contributed by atoms with Gasteiger partial charge in [-0.3, -0.25) is 5.01 Å². The first-order chi connectivity index (χ1) is 5.11. The molecule has 0 aliphatic heterocycles. The van der Waals surface area contributed by atoms with Crippen molar-refractivity contribution in [1.82, 2.24) is 5.01 Å². The fourth-order valence-corrected chi connectivity index (χ4v) is 0.459. The maximum Gasteiger partial charge on any atom is 0.178 e. The van der Waals surface area contributed by atoms with Gasteiger partial charge in [0.25, 0.3) is 0 Å². The van der Waals surface area contributed by atoms with E-state index in [0.717, 1.165) is 6.54 Å². The van der Waals surface area contributed by atoms with Gasteiger partial charge in [0, 0.05) is 13.6 Å². The quantitative estimate of drug-likeness (QED) is 0.478. The van der Waals surface area contributed by atoms with E-state index in [9.17, 15) is 0 Å². The number of hydrazone groups is 1. The van der Waals surface area contributed by atoms with Crippen molar-refractivity contribution in [2.75, 3.05) is 13.6 Å². The summed E-state index contributed by atoms with van der Waals surface area (Å²) >= 11 is 5.47. The zero-order valence-electron chi connectivity index (χ0n) is 6.63. The van der Waals surface area contributed by atoms with Crippen LogP contribution in [-0.2, 0) is 0 Å². The summed E-state index contributed by atoms with van der Waals surface area (Å²) in [5, 5.41) is 14.1. The number of hydrogen-bond donors (Lipinski definition) is 0. The molecule has 0 aromatic heterocycles. The molecule has 0 fully saturated rings. The highest BCUT2D eigenvalue weighted by Gasteiger charge is 2.00. The molecule has 60 valence electrons. The predicted molar refractivity (Wildman–Crippen MR) is 46.3 cm³/mol. The van der Waals surface area contributed by atoms with E-state index < -0.39 is 0 Å². The van der Waals surface area contributed by atoms with E-state index >= 15 is 0 Å². The van der Waals surface area contributed by atoms with Crippen LogP contribution in [0.3, 0.4) is 0 Å². The normalized spacial score (nSPS) is 10.5. The Hall–Kier alpha value is -1.01. The molecule has 0 amide bonds. The van der Waals surface area contributed by atoms with Gasteiger partial charge in [0.2, 0.25) is 0 Å². The van der Waals surface area contributed by atoms with Crippen LogP contribution in [0.5, 0.6) is 0 Å². The number of halogens is 1. The zero-order valence-corrected chi connectivity index (χ0v) is 7.39. The zero-order chi connectivity index (χ0) is 8.85. The van der Waals surface area contributed by atoms with Crippen molar-refractivity contribution in [1.29, 1.82) is 5.26 Å². The highest BCUT2D eigenvalue weighted by molar-refractivity contribution is 6.45. The van der Waals surface area contributed by atoms with Crippen LogP contribution in [0.4, 0.5) is 0 Å². The summed E-state index contributed by atoms with van der Waals surface area (Å²) in [6, 6.07) is 1.84. The van der Waals surface area contributed by atoms with Crippen LogP contribution >= 0.6 is 11.6 Å². The van der Waals surface area contributed by atoms with Gasteiger partial charge in [-0.15, -0.1) is 0 Å². The van der Waals surface area contributed by atoms with Crippen molar-refractivity contribution in [3.63, 3.8) is 0 Å². The van der Waals surface area contributed by atoms with Crippen molar-refractivity contribution in [3.05, 3.63) is 11.6 Å². The van der Waals surface area contributed by atoms with Crippen LogP contribution < -0.4 is 0 Å². The molecule has 0 aliphatic carbocycles. The molecular weight excluding hydrogens is 162 g/mol. The highest BCUT2D eigenvalue weighted by atomic mass is 35.5. The van der Waals surface area contributed by atoms with E-state index in [1.165, 1.54) is 0 Å². The summed E-state index contributed by atoms with van der Waals surface area (Å²) in [5.74, 6) is 0. The van der Waals surface area contributed by atoms with Crippen LogP contribution in [0, 0.1) is 11.3 Å². The number of hydrogen-bond acceptors (Lipinski definition) is 3. The van der Waals surface area contributed by atoms with Gasteiger partial charge >= 0.3 is 0 Å². The molecule has 0 N–H and O–H groups in total. The lowest BCUT2D eigenvalue weighted by molar-refractivity contribution is 0.376. The van der Waals surface area contributed by atoms with Gasteiger partial charge in [-0.05, 0) is 6.92 Å². The van der Waals surface area contributed by atoms with Gasteiger partial charge in [0.05, 0.1) is 5.03 Å². The van der Waals surface area contributed by atoms with Crippen LogP contribution in [0.1, 0.15) is 6.92 Å². The lowest BCUT2D eigenvalue weighted by Gasteiger charge is -2.08. The minimum Gasteiger partial charge on any atom is -0.299 e. The number of nitriles is 1. The minimum absolute atomic E-state index is 0.163. The van der Waals surface area contributed by atoms with Crippen molar-refractivity contribution in [3.8, 4) is 6.07 Å². The fraction of sp³-hybridized carbons (Fsp3) is 0.429. The Labute approximate surface area is 71.6 Å². The first-order valence-electron chi connectivity index (χ1n) is 3.16. The van der Waals surface area contributed by atoms with Gasteiger partial charge in [-0.1, -0.05) is 18.2 Å². The molecular formula is C7H10ClN3. The molecule has 4 heteroatoms. The summed E-state index contributed by atoms with van der Waals surface area (Å²) in [7, 11) is 1.76. The third-order valence-corrected chi connectivity index (χ3v) is 1.27. The van der Waals surface area contributed by atoms with Crippen LogP contribution in [0.25, 0.3) is 0 Å². The molecule has 0 radical (unpaired) electrons. The third kappa shape index (κ3) is 3.64. The summed E-state index contributed by atoms with van der Waals surface area (Å²) in [4.78, 5) is 0. The van der Waals surface area contributed by atoms with Crippen LogP contribution in [0.2, 0.25) is 0 Å². The molecule has 3 nitrogen and oxygen atoms in total. The fourth-order valence-electron chi connectivity index (χ4n) is 0.379. The van der Waals surface area contributed by atoms with Gasteiger partial charge in [-0.25, -0.2) is 0 Å². The smallest absolute Gasteiger partial charge is 0.178 e. The van der Waals surface area contributed by atoms with Gasteiger partial charge < -0.3 is 0 Å². The monoisotopic (exact) mass is 171 g/mol. The summed E-state index contributed by atoms with van der Waals surface area (Å²) in [6.45, 7) is 6.06. The number of rotatable bonds is 3. The van der Waals surface area contributed by atoms with Gasteiger partial charge in [-0.2, -0.15) is 10.4 Å². The van der Waals surface area contributed by atoms with E-state index in [4.69, 9.17) is 16.9 Å². The number of allylic oxidation sites excluding steroid dienone is 1. The Morgan fingerprint density at radius 1 is 1.82 bits per heavy atom. The topological polar surface area (TPSA) is 39.4 Å². The van der Waals surface area contributed by atoms with E-state index in [1.54, 1.807) is 12.1 Å². The second kappa shape index (κ2) is 4.75. The maximum atomic E-state index is 8.49. The van der Waals surface area contributed by atoms with Crippen molar-refractivity contribution in [2.45, 2.75) is 6.92 Å². The van der Waals surface area contributed by atoms with E-state index in [1.807, 2.05) is 13.0 Å². The Bertz CT molecular complexity index is 214. The van der Waals surface area contributed by atoms with E-state index in [0.29, 0.717) is 0 Å². The van der Waals surface area contributed by atoms with Crippen molar-refractivity contribution >= 4 is 17.3 Å². The Balaban J connectivity index is 4.39. The molecule has 0 saturated carbocycles. The summed E-state index contributed by atoms with van der Waals surface area (Å²) < 4.78 is 0. The molecule has 0 rings (SSSR count). The third-order valence-electron chi connectivity index (χ3n) is 1.09. The molecule has 0 bridgehead atoms. The Kier molecular flexibility index (Phi) is 4.32. The second-order valence-corrected chi connectivity index (χ2v) is 2.40. The van der Waals surface area contributed by atoms with Crippen LogP contribution in [0.15, 0.2) is 16.7 Å². The van der Waals surface area contributed by atoms with E-state index in [-0.39, 0.29) is 10.7 Å². The number of nitrogens with zero attached hydrogens (tertiary/aromatic N) is 3. The second-order valence-electron chi connectivity index (χ2n) is 1.94. The molecule has 0 atom stereocenters. The maximum absolute atomic E-state index is 8.49. The molecule has 0 saturated heterocycles. The molecule has 0 aromatic carbocycles. The Morgan fingerprint density at radius 3 is 2.64 bits per heavy atom. The van der Waals surface area contributed by atoms with Crippen LogP contribution in [-0.4, -0.2) is 24.3 Å². The molecule has 0 spiro atoms. The first-order valence-corrected chi connectivity index (χ1v) is 3.54. The minimum atomic E-state index is 0.163. The average Bonchev–Trinajstić information content (AvgIpc) is 1.99. The predicted octanol–water partition coefficient (Wildman–Crippen LogP) is 1.57. The standard InChI is InChI=1S/C7H10ClN3/c1-4-11(3)10-7(5-9)6(2)8/h2,4H2,1,3H3/b10-7-. The lowest BCUT2D eigenvalue weighted by Crippen LogP contribution is -2.12. The largest absolute Gasteiger partial charge is 0.299 e. The molecule has 0 aliphatic rings. The molecule has 0 heterocycles. The SMILES string of the molecule is C=C(Cl)/C(C#N)=N\N(C)CC. The van der Waals surface area contributed by atoms with Crippen molar-refractivity contribution < 1.29 is 0 Å².